The average molecular weight is 280 g/mol. The number of methoxy groups -OCH3 is 1. The molecule has 1 atom stereocenters. The number of hydrogen-bond donors (Lipinski definition) is 2. The molecule has 0 saturated carbocycles. The van der Waals surface area contributed by atoms with Gasteiger partial charge in [-0.2, -0.15) is 0 Å². The van der Waals surface area contributed by atoms with Crippen LogP contribution in [0.2, 0.25) is 0 Å². The number of esters is 1. The molecule has 0 aliphatic heterocycles. The molecule has 0 fully saturated rings. The third kappa shape index (κ3) is 6.19. The third-order valence-electron chi connectivity index (χ3n) is 2.61. The molecule has 0 bridgehead atoms. The largest absolute Gasteiger partial charge is 0.468 e. The minimum atomic E-state index is -0.485. The summed E-state index contributed by atoms with van der Waals surface area (Å²) in [6.45, 7) is 2.75. The van der Waals surface area contributed by atoms with Crippen molar-refractivity contribution in [1.82, 2.24) is 10.6 Å². The highest BCUT2D eigenvalue weighted by atomic mass is 16.5. The van der Waals surface area contributed by atoms with Crippen LogP contribution < -0.4 is 10.6 Å². The number of rotatable bonds is 7. The van der Waals surface area contributed by atoms with Gasteiger partial charge in [0.25, 0.3) is 0 Å². The molecular weight excluding hydrogens is 260 g/mol. The Kier molecular flexibility index (Phi) is 7.13. The monoisotopic (exact) mass is 280 g/mol. The smallest absolute Gasteiger partial charge is 0.407 e. The van der Waals surface area contributed by atoms with Gasteiger partial charge in [0.05, 0.1) is 7.11 Å². The van der Waals surface area contributed by atoms with E-state index in [1.807, 2.05) is 30.3 Å². The highest BCUT2D eigenvalue weighted by Crippen LogP contribution is 2.00. The van der Waals surface area contributed by atoms with Crippen molar-refractivity contribution in [3.8, 4) is 0 Å². The van der Waals surface area contributed by atoms with Gasteiger partial charge in [0.1, 0.15) is 12.6 Å². The van der Waals surface area contributed by atoms with Crippen LogP contribution in [0.3, 0.4) is 0 Å². The number of hydrogen-bond acceptors (Lipinski definition) is 5. The van der Waals surface area contributed by atoms with Gasteiger partial charge in [0.2, 0.25) is 0 Å². The molecule has 110 valence electrons. The molecule has 2 N–H and O–H groups in total. The second-order valence-corrected chi connectivity index (χ2v) is 4.19. The van der Waals surface area contributed by atoms with Gasteiger partial charge < -0.3 is 20.1 Å². The van der Waals surface area contributed by atoms with Crippen LogP contribution in [0.25, 0.3) is 0 Å². The Morgan fingerprint density at radius 1 is 1.20 bits per heavy atom. The number of carbonyl (C=O) groups is 2. The molecule has 1 unspecified atom stereocenters. The van der Waals surface area contributed by atoms with Crippen molar-refractivity contribution in [2.45, 2.75) is 19.6 Å². The Morgan fingerprint density at radius 3 is 2.55 bits per heavy atom. The Hall–Kier alpha value is -2.08. The molecule has 0 heterocycles. The van der Waals surface area contributed by atoms with Crippen LogP contribution in [0.5, 0.6) is 0 Å². The number of nitrogens with one attached hydrogen (secondary N) is 2. The average Bonchev–Trinajstić information content (AvgIpc) is 2.49. The summed E-state index contributed by atoms with van der Waals surface area (Å²) in [4.78, 5) is 22.5. The number of amides is 1. The molecule has 20 heavy (non-hydrogen) atoms. The van der Waals surface area contributed by atoms with Crippen LogP contribution in [0.1, 0.15) is 12.5 Å². The second kappa shape index (κ2) is 8.92. The maximum atomic E-state index is 11.4. The van der Waals surface area contributed by atoms with E-state index in [1.54, 1.807) is 6.92 Å². The first-order valence-electron chi connectivity index (χ1n) is 6.39. The van der Waals surface area contributed by atoms with Crippen LogP contribution in [0.4, 0.5) is 4.79 Å². The van der Waals surface area contributed by atoms with Crippen LogP contribution in [0, 0.1) is 0 Å². The first kappa shape index (κ1) is 16.0. The lowest BCUT2D eigenvalue weighted by molar-refractivity contribution is -0.142. The Bertz CT molecular complexity index is 422. The Labute approximate surface area is 118 Å². The maximum absolute atomic E-state index is 11.4. The quantitative estimate of drug-likeness (QED) is 0.577. The van der Waals surface area contributed by atoms with Crippen LogP contribution in [0.15, 0.2) is 30.3 Å². The Morgan fingerprint density at radius 2 is 1.90 bits per heavy atom. The first-order valence-corrected chi connectivity index (χ1v) is 6.39. The highest BCUT2D eigenvalue weighted by Gasteiger charge is 2.11. The lowest BCUT2D eigenvalue weighted by Crippen LogP contribution is -2.40. The van der Waals surface area contributed by atoms with Gasteiger partial charge in [-0.15, -0.1) is 0 Å². The van der Waals surface area contributed by atoms with Crippen LogP contribution in [-0.2, 0) is 20.9 Å². The van der Waals surface area contributed by atoms with Gasteiger partial charge in [0.15, 0.2) is 0 Å². The molecule has 0 radical (unpaired) electrons. The van der Waals surface area contributed by atoms with E-state index in [0.717, 1.165) is 5.56 Å². The fraction of sp³-hybridized carbons (Fsp3) is 0.429. The molecule has 0 spiro atoms. The van der Waals surface area contributed by atoms with Crippen molar-refractivity contribution in [3.05, 3.63) is 35.9 Å². The van der Waals surface area contributed by atoms with E-state index >= 15 is 0 Å². The summed E-state index contributed by atoms with van der Waals surface area (Å²) in [7, 11) is 1.33. The van der Waals surface area contributed by atoms with Crippen molar-refractivity contribution < 1.29 is 19.1 Å². The van der Waals surface area contributed by atoms with Crippen LogP contribution >= 0.6 is 0 Å². The van der Waals surface area contributed by atoms with Crippen molar-refractivity contribution >= 4 is 12.1 Å². The van der Waals surface area contributed by atoms with Gasteiger partial charge in [-0.1, -0.05) is 30.3 Å². The Balaban J connectivity index is 2.10. The SMILES string of the molecule is COC(=O)C(C)NCCNC(=O)OCc1ccccc1. The molecule has 0 saturated heterocycles. The molecule has 1 amide bonds. The normalized spacial score (nSPS) is 11.5. The number of carbonyl (C=O) groups excluding carboxylic acids is 2. The standard InChI is InChI=1S/C14H20N2O4/c1-11(13(17)19-2)15-8-9-16-14(18)20-10-12-6-4-3-5-7-12/h3-7,11,15H,8-10H2,1-2H3,(H,16,18). The van der Waals surface area contributed by atoms with Gasteiger partial charge in [-0.05, 0) is 12.5 Å². The zero-order valence-corrected chi connectivity index (χ0v) is 11.7. The van der Waals surface area contributed by atoms with Gasteiger partial charge in [-0.3, -0.25) is 4.79 Å². The van der Waals surface area contributed by atoms with Crippen molar-refractivity contribution in [2.24, 2.45) is 0 Å². The summed E-state index contributed by atoms with van der Waals surface area (Å²) >= 11 is 0. The minimum absolute atomic E-state index is 0.235. The maximum Gasteiger partial charge on any atom is 0.407 e. The molecule has 6 heteroatoms. The highest BCUT2D eigenvalue weighted by molar-refractivity contribution is 5.75. The van der Waals surface area contributed by atoms with Gasteiger partial charge >= 0.3 is 12.1 Å². The lowest BCUT2D eigenvalue weighted by Gasteiger charge is -2.12. The predicted molar refractivity (Wildman–Crippen MR) is 74.1 cm³/mol. The molecule has 1 aromatic rings. The number of alkyl carbamates (subject to hydrolysis) is 1. The molecule has 1 rings (SSSR count). The van der Waals surface area contributed by atoms with E-state index in [2.05, 4.69) is 15.4 Å². The summed E-state index contributed by atoms with van der Waals surface area (Å²) in [6.07, 6.45) is -0.485. The van der Waals surface area contributed by atoms with E-state index in [-0.39, 0.29) is 12.6 Å². The van der Waals surface area contributed by atoms with Crippen molar-refractivity contribution in [3.63, 3.8) is 0 Å². The van der Waals surface area contributed by atoms with E-state index < -0.39 is 12.1 Å². The summed E-state index contributed by atoms with van der Waals surface area (Å²) in [6, 6.07) is 9.03. The molecular formula is C14H20N2O4. The molecule has 0 aliphatic rings. The summed E-state index contributed by atoms with van der Waals surface area (Å²) < 4.78 is 9.60. The van der Waals surface area contributed by atoms with E-state index in [9.17, 15) is 9.59 Å². The zero-order chi connectivity index (χ0) is 14.8. The molecule has 0 aromatic heterocycles. The van der Waals surface area contributed by atoms with Crippen molar-refractivity contribution in [1.29, 1.82) is 0 Å². The summed E-state index contributed by atoms with van der Waals surface area (Å²) in [5.41, 5.74) is 0.931. The van der Waals surface area contributed by atoms with Crippen LogP contribution in [-0.4, -0.2) is 38.3 Å². The summed E-state index contributed by atoms with van der Waals surface area (Å²) in [5, 5.41) is 5.51. The number of benzene rings is 1. The molecule has 6 nitrogen and oxygen atoms in total. The summed E-state index contributed by atoms with van der Waals surface area (Å²) in [5.74, 6) is -0.336. The minimum Gasteiger partial charge on any atom is -0.468 e. The lowest BCUT2D eigenvalue weighted by atomic mass is 10.2. The first-order chi connectivity index (χ1) is 9.63. The van der Waals surface area contributed by atoms with Gasteiger partial charge in [0, 0.05) is 13.1 Å². The van der Waals surface area contributed by atoms with E-state index in [4.69, 9.17) is 4.74 Å². The van der Waals surface area contributed by atoms with E-state index in [0.29, 0.717) is 13.1 Å². The number of ether oxygens (including phenoxy) is 2. The fourth-order valence-corrected chi connectivity index (χ4v) is 1.49. The van der Waals surface area contributed by atoms with Crippen molar-refractivity contribution in [2.75, 3.05) is 20.2 Å². The van der Waals surface area contributed by atoms with Gasteiger partial charge in [-0.25, -0.2) is 4.79 Å². The molecule has 1 aromatic carbocycles. The van der Waals surface area contributed by atoms with E-state index in [1.165, 1.54) is 7.11 Å². The topological polar surface area (TPSA) is 76.7 Å². The molecule has 0 aliphatic carbocycles. The zero-order valence-electron chi connectivity index (χ0n) is 11.7. The predicted octanol–water partition coefficient (Wildman–Crippen LogP) is 1.06. The third-order valence-corrected chi connectivity index (χ3v) is 2.61. The second-order valence-electron chi connectivity index (χ2n) is 4.19. The fourth-order valence-electron chi connectivity index (χ4n) is 1.49.